The van der Waals surface area contributed by atoms with Gasteiger partial charge in [-0.15, -0.1) is 0 Å². The third-order valence-electron chi connectivity index (χ3n) is 1.78. The lowest BCUT2D eigenvalue weighted by Crippen LogP contribution is -2.09. The number of phenolic OH excluding ortho intramolecular Hbond substituents is 1. The number of aromatic hydroxyl groups is 1. The number of carbonyl (C=O) groups is 2. The normalized spacial score (nSPS) is 9.50. The lowest BCUT2D eigenvalue weighted by molar-refractivity contribution is 0.0648. The molecule has 0 amide bonds. The van der Waals surface area contributed by atoms with E-state index >= 15 is 0 Å². The Balaban J connectivity index is 3.55. The maximum atomic E-state index is 10.9. The summed E-state index contributed by atoms with van der Waals surface area (Å²) in [5.41, 5.74) is -1.09. The SMILES string of the molecule is C=COc1c(O)ccc(C(=O)O)c1C(=O)O. The highest BCUT2D eigenvalue weighted by atomic mass is 16.5. The molecule has 0 aliphatic rings. The smallest absolute Gasteiger partial charge is 0.340 e. The van der Waals surface area contributed by atoms with Crippen molar-refractivity contribution in [2.24, 2.45) is 0 Å². The zero-order valence-corrected chi connectivity index (χ0v) is 8.01. The minimum atomic E-state index is -1.51. The summed E-state index contributed by atoms with van der Waals surface area (Å²) >= 11 is 0. The molecule has 0 spiro atoms. The molecular formula is C10H8O6. The fraction of sp³-hybridized carbons (Fsp3) is 0. The minimum absolute atomic E-state index is 0.442. The van der Waals surface area contributed by atoms with Gasteiger partial charge in [-0.1, -0.05) is 6.58 Å². The number of aromatic carboxylic acids is 2. The number of ether oxygens (including phenoxy) is 1. The maximum Gasteiger partial charge on any atom is 0.340 e. The van der Waals surface area contributed by atoms with Crippen LogP contribution in [0, 0.1) is 0 Å². The molecule has 0 aromatic heterocycles. The average molecular weight is 224 g/mol. The Labute approximate surface area is 90.0 Å². The predicted molar refractivity (Wildman–Crippen MR) is 52.9 cm³/mol. The van der Waals surface area contributed by atoms with Crippen molar-refractivity contribution in [3.8, 4) is 11.5 Å². The second-order valence-electron chi connectivity index (χ2n) is 2.73. The molecule has 0 fully saturated rings. The van der Waals surface area contributed by atoms with E-state index in [0.717, 1.165) is 18.4 Å². The Kier molecular flexibility index (Phi) is 3.14. The van der Waals surface area contributed by atoms with E-state index in [-0.39, 0.29) is 0 Å². The number of hydrogen-bond acceptors (Lipinski definition) is 4. The summed E-state index contributed by atoms with van der Waals surface area (Å²) in [5.74, 6) is -3.85. The van der Waals surface area contributed by atoms with Crippen LogP contribution in [0.4, 0.5) is 0 Å². The minimum Gasteiger partial charge on any atom is -0.504 e. The van der Waals surface area contributed by atoms with E-state index in [9.17, 15) is 14.7 Å². The molecule has 0 saturated heterocycles. The van der Waals surface area contributed by atoms with Gasteiger partial charge in [0.1, 0.15) is 5.56 Å². The van der Waals surface area contributed by atoms with Crippen molar-refractivity contribution in [3.63, 3.8) is 0 Å². The average Bonchev–Trinajstić information content (AvgIpc) is 2.20. The van der Waals surface area contributed by atoms with Gasteiger partial charge in [-0.3, -0.25) is 0 Å². The molecule has 84 valence electrons. The van der Waals surface area contributed by atoms with Crippen molar-refractivity contribution in [2.45, 2.75) is 0 Å². The zero-order chi connectivity index (χ0) is 12.3. The molecule has 0 unspecified atom stereocenters. The standard InChI is InChI=1S/C10H8O6/c1-2-16-8-6(11)4-3-5(9(12)13)7(8)10(14)15/h2-4,11H,1H2,(H,12,13)(H,14,15). The first kappa shape index (κ1) is 11.6. The van der Waals surface area contributed by atoms with Gasteiger partial charge >= 0.3 is 11.9 Å². The zero-order valence-electron chi connectivity index (χ0n) is 8.01. The molecule has 0 aliphatic heterocycles. The van der Waals surface area contributed by atoms with Gasteiger partial charge in [0, 0.05) is 0 Å². The van der Waals surface area contributed by atoms with E-state index < -0.39 is 34.6 Å². The number of benzene rings is 1. The molecule has 1 aromatic rings. The summed E-state index contributed by atoms with van der Waals surface area (Å²) in [6.45, 7) is 3.20. The van der Waals surface area contributed by atoms with Crippen molar-refractivity contribution in [1.29, 1.82) is 0 Å². The largest absolute Gasteiger partial charge is 0.504 e. The monoisotopic (exact) mass is 224 g/mol. The topological polar surface area (TPSA) is 104 Å². The van der Waals surface area contributed by atoms with Gasteiger partial charge in [-0.2, -0.15) is 0 Å². The molecule has 6 heteroatoms. The summed E-state index contributed by atoms with van der Waals surface area (Å²) in [4.78, 5) is 21.7. The van der Waals surface area contributed by atoms with E-state index in [2.05, 4.69) is 11.3 Å². The van der Waals surface area contributed by atoms with E-state index in [1.54, 1.807) is 0 Å². The molecule has 16 heavy (non-hydrogen) atoms. The van der Waals surface area contributed by atoms with Crippen LogP contribution in [-0.2, 0) is 0 Å². The summed E-state index contributed by atoms with van der Waals surface area (Å²) in [6.07, 6.45) is 0.896. The molecule has 0 bridgehead atoms. The molecule has 1 rings (SSSR count). The van der Waals surface area contributed by atoms with Crippen LogP contribution < -0.4 is 4.74 Å². The lowest BCUT2D eigenvalue weighted by Gasteiger charge is -2.09. The summed E-state index contributed by atoms with van der Waals surface area (Å²) in [7, 11) is 0. The summed E-state index contributed by atoms with van der Waals surface area (Å²) in [6, 6.07) is 2.02. The second-order valence-corrected chi connectivity index (χ2v) is 2.73. The summed E-state index contributed by atoms with van der Waals surface area (Å²) < 4.78 is 4.69. The van der Waals surface area contributed by atoms with Crippen LogP contribution in [0.2, 0.25) is 0 Å². The van der Waals surface area contributed by atoms with Gasteiger partial charge < -0.3 is 20.1 Å². The van der Waals surface area contributed by atoms with Crippen LogP contribution in [0.5, 0.6) is 11.5 Å². The quantitative estimate of drug-likeness (QED) is 0.666. The first-order chi connectivity index (χ1) is 7.49. The Morgan fingerprint density at radius 1 is 1.25 bits per heavy atom. The highest BCUT2D eigenvalue weighted by Gasteiger charge is 2.23. The Hall–Kier alpha value is -2.50. The number of rotatable bonds is 4. The van der Waals surface area contributed by atoms with E-state index in [1.807, 2.05) is 0 Å². The number of carboxylic acids is 2. The number of phenols is 1. The van der Waals surface area contributed by atoms with E-state index in [4.69, 9.17) is 10.2 Å². The van der Waals surface area contributed by atoms with Gasteiger partial charge in [0.05, 0.1) is 11.8 Å². The maximum absolute atomic E-state index is 10.9. The van der Waals surface area contributed by atoms with Crippen LogP contribution in [0.1, 0.15) is 20.7 Å². The second kappa shape index (κ2) is 4.35. The lowest BCUT2D eigenvalue weighted by atomic mass is 10.1. The fourth-order valence-electron chi connectivity index (χ4n) is 1.16. The molecule has 0 atom stereocenters. The van der Waals surface area contributed by atoms with Crippen LogP contribution in [-0.4, -0.2) is 27.3 Å². The molecule has 0 heterocycles. The van der Waals surface area contributed by atoms with Crippen molar-refractivity contribution in [3.05, 3.63) is 36.1 Å². The third kappa shape index (κ3) is 1.95. The highest BCUT2D eigenvalue weighted by molar-refractivity contribution is 6.04. The van der Waals surface area contributed by atoms with Crippen molar-refractivity contribution >= 4 is 11.9 Å². The van der Waals surface area contributed by atoms with Gasteiger partial charge in [0.2, 0.25) is 0 Å². The predicted octanol–water partition coefficient (Wildman–Crippen LogP) is 1.31. The van der Waals surface area contributed by atoms with Crippen molar-refractivity contribution < 1.29 is 29.6 Å². The highest BCUT2D eigenvalue weighted by Crippen LogP contribution is 2.33. The van der Waals surface area contributed by atoms with Gasteiger partial charge in [-0.25, -0.2) is 9.59 Å². The van der Waals surface area contributed by atoms with Crippen LogP contribution >= 0.6 is 0 Å². The van der Waals surface area contributed by atoms with E-state index in [1.165, 1.54) is 0 Å². The molecule has 0 saturated carbocycles. The van der Waals surface area contributed by atoms with Gasteiger partial charge in [0.15, 0.2) is 11.5 Å². The fourth-order valence-corrected chi connectivity index (χ4v) is 1.16. The Morgan fingerprint density at radius 2 is 1.88 bits per heavy atom. The Bertz CT molecular complexity index is 463. The molecule has 3 N–H and O–H groups in total. The first-order valence-electron chi connectivity index (χ1n) is 4.09. The number of hydrogen-bond donors (Lipinski definition) is 3. The molecule has 0 aliphatic carbocycles. The van der Waals surface area contributed by atoms with Crippen LogP contribution in [0.3, 0.4) is 0 Å². The molecule has 0 radical (unpaired) electrons. The summed E-state index contributed by atoms with van der Waals surface area (Å²) in [5, 5.41) is 27.0. The van der Waals surface area contributed by atoms with Crippen LogP contribution in [0.15, 0.2) is 25.0 Å². The molecular weight excluding hydrogens is 216 g/mol. The Morgan fingerprint density at radius 3 is 2.31 bits per heavy atom. The van der Waals surface area contributed by atoms with Crippen molar-refractivity contribution in [2.75, 3.05) is 0 Å². The number of carboxylic acid groups (broad SMARTS) is 2. The van der Waals surface area contributed by atoms with Crippen LogP contribution in [0.25, 0.3) is 0 Å². The third-order valence-corrected chi connectivity index (χ3v) is 1.78. The van der Waals surface area contributed by atoms with Gasteiger partial charge in [0.25, 0.3) is 0 Å². The van der Waals surface area contributed by atoms with Gasteiger partial charge in [-0.05, 0) is 12.1 Å². The van der Waals surface area contributed by atoms with Crippen molar-refractivity contribution in [1.82, 2.24) is 0 Å². The first-order valence-corrected chi connectivity index (χ1v) is 4.09. The van der Waals surface area contributed by atoms with E-state index in [0.29, 0.717) is 0 Å². The molecule has 6 nitrogen and oxygen atoms in total. The molecule has 1 aromatic carbocycles.